The Balaban J connectivity index is 2.07. The molecule has 2 aromatic carbocycles. The van der Waals surface area contributed by atoms with Crippen LogP contribution in [0.2, 0.25) is 0 Å². The van der Waals surface area contributed by atoms with Gasteiger partial charge in [-0.15, -0.1) is 0 Å². The Morgan fingerprint density at radius 2 is 1.88 bits per heavy atom. The Morgan fingerprint density at radius 3 is 2.56 bits per heavy atom. The molecule has 0 aliphatic rings. The first-order valence-corrected chi connectivity index (χ1v) is 9.54. The zero-order valence-electron chi connectivity index (χ0n) is 14.2. The van der Waals surface area contributed by atoms with E-state index in [1.54, 1.807) is 54.2 Å². The van der Waals surface area contributed by atoms with Crippen LogP contribution in [0, 0.1) is 0 Å². The van der Waals surface area contributed by atoms with E-state index in [1.807, 2.05) is 13.0 Å². The molecule has 0 aliphatic carbocycles. The monoisotopic (exact) mass is 359 g/mol. The number of nitrogens with two attached hydrogens (primary N) is 1. The fraction of sp³-hybridized carbons (Fsp3) is 0.278. The molecule has 1 aromatic heterocycles. The average molecular weight is 359 g/mol. The summed E-state index contributed by atoms with van der Waals surface area (Å²) in [4.78, 5) is 0.221. The van der Waals surface area contributed by atoms with Crippen molar-refractivity contribution in [1.82, 2.24) is 9.78 Å². The van der Waals surface area contributed by atoms with Crippen molar-refractivity contribution in [3.05, 3.63) is 48.5 Å². The molecule has 7 heteroatoms. The highest BCUT2D eigenvalue weighted by atomic mass is 32.2. The van der Waals surface area contributed by atoms with Crippen LogP contribution in [0.5, 0.6) is 5.75 Å². The number of ether oxygens (including phenoxy) is 1. The van der Waals surface area contributed by atoms with E-state index in [9.17, 15) is 8.42 Å². The first-order chi connectivity index (χ1) is 11.9. The lowest BCUT2D eigenvalue weighted by Crippen LogP contribution is -2.18. The van der Waals surface area contributed by atoms with Crippen molar-refractivity contribution in [2.24, 2.45) is 12.8 Å². The number of benzene rings is 2. The van der Waals surface area contributed by atoms with E-state index in [0.29, 0.717) is 29.7 Å². The highest BCUT2D eigenvalue weighted by Crippen LogP contribution is 2.32. The van der Waals surface area contributed by atoms with Gasteiger partial charge in [0.25, 0.3) is 0 Å². The number of sulfone groups is 1. The topological polar surface area (TPSA) is 87.2 Å². The van der Waals surface area contributed by atoms with Crippen LogP contribution >= 0.6 is 0 Å². The van der Waals surface area contributed by atoms with E-state index in [-0.39, 0.29) is 16.0 Å². The molecule has 0 radical (unpaired) electrons. The molecule has 0 saturated carbocycles. The largest absolute Gasteiger partial charge is 0.491 e. The maximum Gasteiger partial charge on any atom is 0.226 e. The Kier molecular flexibility index (Phi) is 4.78. The SMILES string of the molecule is CC(N)CCOc1cccc2c(S(=O)(=O)c3ccccc3)nn(C)c12. The van der Waals surface area contributed by atoms with Gasteiger partial charge in [-0.25, -0.2) is 8.42 Å². The van der Waals surface area contributed by atoms with Crippen LogP contribution in [0.4, 0.5) is 0 Å². The summed E-state index contributed by atoms with van der Waals surface area (Å²) in [6, 6.07) is 13.7. The minimum Gasteiger partial charge on any atom is -0.491 e. The summed E-state index contributed by atoms with van der Waals surface area (Å²) in [7, 11) is -1.99. The van der Waals surface area contributed by atoms with Crippen molar-refractivity contribution in [1.29, 1.82) is 0 Å². The number of aromatic nitrogens is 2. The molecule has 2 N–H and O–H groups in total. The Morgan fingerprint density at radius 1 is 1.16 bits per heavy atom. The minimum absolute atomic E-state index is 0.0360. The number of fused-ring (bicyclic) bond motifs is 1. The predicted octanol–water partition coefficient (Wildman–Crippen LogP) is 2.52. The van der Waals surface area contributed by atoms with Gasteiger partial charge in [-0.3, -0.25) is 4.68 Å². The molecule has 25 heavy (non-hydrogen) atoms. The molecule has 0 spiro atoms. The quantitative estimate of drug-likeness (QED) is 0.731. The number of para-hydroxylation sites is 1. The van der Waals surface area contributed by atoms with Crippen LogP contribution < -0.4 is 10.5 Å². The molecule has 132 valence electrons. The average Bonchev–Trinajstić information content (AvgIpc) is 2.94. The van der Waals surface area contributed by atoms with Gasteiger partial charge in [-0.2, -0.15) is 5.10 Å². The number of hydrogen-bond acceptors (Lipinski definition) is 5. The lowest BCUT2D eigenvalue weighted by molar-refractivity contribution is 0.303. The summed E-state index contributed by atoms with van der Waals surface area (Å²) in [6.07, 6.45) is 0.712. The van der Waals surface area contributed by atoms with Crippen molar-refractivity contribution >= 4 is 20.7 Å². The smallest absolute Gasteiger partial charge is 0.226 e. The molecule has 0 amide bonds. The summed E-state index contributed by atoms with van der Waals surface area (Å²) < 4.78 is 33.2. The van der Waals surface area contributed by atoms with Crippen molar-refractivity contribution < 1.29 is 13.2 Å². The van der Waals surface area contributed by atoms with Gasteiger partial charge < -0.3 is 10.5 Å². The van der Waals surface area contributed by atoms with Crippen molar-refractivity contribution in [2.75, 3.05) is 6.61 Å². The number of rotatable bonds is 6. The zero-order valence-corrected chi connectivity index (χ0v) is 15.0. The number of aryl methyl sites for hydroxylation is 1. The van der Waals surface area contributed by atoms with Gasteiger partial charge in [0.2, 0.25) is 9.84 Å². The Hall–Kier alpha value is -2.38. The fourth-order valence-electron chi connectivity index (χ4n) is 2.65. The van der Waals surface area contributed by atoms with Gasteiger partial charge >= 0.3 is 0 Å². The molecular formula is C18H21N3O3S. The van der Waals surface area contributed by atoms with Gasteiger partial charge in [0.05, 0.1) is 11.5 Å². The van der Waals surface area contributed by atoms with Crippen molar-refractivity contribution in [3.63, 3.8) is 0 Å². The van der Waals surface area contributed by atoms with Gasteiger partial charge in [0.1, 0.15) is 11.3 Å². The van der Waals surface area contributed by atoms with Crippen LogP contribution in [0.15, 0.2) is 58.5 Å². The highest BCUT2D eigenvalue weighted by molar-refractivity contribution is 7.91. The third-order valence-corrected chi connectivity index (χ3v) is 5.64. The van der Waals surface area contributed by atoms with Crippen LogP contribution in [-0.2, 0) is 16.9 Å². The predicted molar refractivity (Wildman–Crippen MR) is 96.4 cm³/mol. The molecule has 1 heterocycles. The second-order valence-corrected chi connectivity index (χ2v) is 7.88. The van der Waals surface area contributed by atoms with Crippen LogP contribution in [0.1, 0.15) is 13.3 Å². The molecule has 0 bridgehead atoms. The standard InChI is InChI=1S/C18H21N3O3S/c1-13(19)11-12-24-16-10-6-9-15-17(16)21(2)20-18(15)25(22,23)14-7-4-3-5-8-14/h3-10,13H,11-12,19H2,1-2H3. The Bertz CT molecular complexity index is 979. The molecule has 6 nitrogen and oxygen atoms in total. The zero-order chi connectivity index (χ0) is 18.0. The molecular weight excluding hydrogens is 338 g/mol. The van der Waals surface area contributed by atoms with E-state index in [4.69, 9.17) is 10.5 Å². The summed E-state index contributed by atoms with van der Waals surface area (Å²) >= 11 is 0. The van der Waals surface area contributed by atoms with E-state index in [1.165, 1.54) is 0 Å². The summed E-state index contributed by atoms with van der Waals surface area (Å²) in [5.41, 5.74) is 6.40. The van der Waals surface area contributed by atoms with Crippen LogP contribution in [0.25, 0.3) is 10.9 Å². The Labute approximate surface area is 147 Å². The van der Waals surface area contributed by atoms with Crippen molar-refractivity contribution in [2.45, 2.75) is 29.3 Å². The maximum absolute atomic E-state index is 12.9. The first kappa shape index (κ1) is 17.4. The van der Waals surface area contributed by atoms with Gasteiger partial charge in [-0.1, -0.05) is 24.3 Å². The van der Waals surface area contributed by atoms with E-state index in [2.05, 4.69) is 5.10 Å². The molecule has 0 saturated heterocycles. The molecule has 0 fully saturated rings. The second kappa shape index (κ2) is 6.85. The van der Waals surface area contributed by atoms with Gasteiger partial charge in [0, 0.05) is 18.5 Å². The highest BCUT2D eigenvalue weighted by Gasteiger charge is 2.25. The number of hydrogen-bond donors (Lipinski definition) is 1. The van der Waals surface area contributed by atoms with E-state index < -0.39 is 9.84 Å². The fourth-order valence-corrected chi connectivity index (χ4v) is 4.07. The van der Waals surface area contributed by atoms with Crippen LogP contribution in [-0.4, -0.2) is 30.8 Å². The molecule has 1 atom stereocenters. The van der Waals surface area contributed by atoms with E-state index in [0.717, 1.165) is 0 Å². The van der Waals surface area contributed by atoms with E-state index >= 15 is 0 Å². The molecule has 1 unspecified atom stereocenters. The lowest BCUT2D eigenvalue weighted by atomic mass is 10.2. The molecule has 3 aromatic rings. The number of nitrogens with zero attached hydrogens (tertiary/aromatic N) is 2. The lowest BCUT2D eigenvalue weighted by Gasteiger charge is -2.09. The van der Waals surface area contributed by atoms with Crippen LogP contribution in [0.3, 0.4) is 0 Å². The van der Waals surface area contributed by atoms with Gasteiger partial charge in [0.15, 0.2) is 5.03 Å². The molecule has 3 rings (SSSR count). The first-order valence-electron chi connectivity index (χ1n) is 8.05. The third-order valence-electron chi connectivity index (χ3n) is 3.93. The maximum atomic E-state index is 12.9. The minimum atomic E-state index is -3.70. The normalized spacial score (nSPS) is 13.1. The summed E-state index contributed by atoms with van der Waals surface area (Å²) in [6.45, 7) is 2.38. The molecule has 0 aliphatic heterocycles. The summed E-state index contributed by atoms with van der Waals surface area (Å²) in [5, 5.41) is 4.85. The summed E-state index contributed by atoms with van der Waals surface area (Å²) in [5.74, 6) is 0.600. The second-order valence-electron chi connectivity index (χ2n) is 6.01. The third kappa shape index (κ3) is 3.38. The van der Waals surface area contributed by atoms with Crippen molar-refractivity contribution in [3.8, 4) is 5.75 Å². The van der Waals surface area contributed by atoms with Gasteiger partial charge in [-0.05, 0) is 37.6 Å².